The molecule has 3 aromatic rings. The van der Waals surface area contributed by atoms with E-state index in [0.29, 0.717) is 24.5 Å². The van der Waals surface area contributed by atoms with Gasteiger partial charge in [0.25, 0.3) is 0 Å². The molecule has 0 spiro atoms. The fourth-order valence-corrected chi connectivity index (χ4v) is 5.42. The SMILES string of the molecule is Cc1cccc(C(C)(O)CCc2cc(C(O)(c3ccc(C(C)C)cc3)C3(C)CN(C)C3)cnn2)n1. The highest BCUT2D eigenvalue weighted by Gasteiger charge is 2.55. The lowest BCUT2D eigenvalue weighted by Gasteiger charge is -2.55. The zero-order valence-electron chi connectivity index (χ0n) is 21.8. The molecule has 35 heavy (non-hydrogen) atoms. The van der Waals surface area contributed by atoms with Crippen LogP contribution < -0.4 is 0 Å². The monoisotopic (exact) mass is 474 g/mol. The zero-order valence-corrected chi connectivity index (χ0v) is 21.8. The molecule has 2 atom stereocenters. The summed E-state index contributed by atoms with van der Waals surface area (Å²) < 4.78 is 0. The highest BCUT2D eigenvalue weighted by Crippen LogP contribution is 2.50. The molecular formula is C29H38N4O2. The van der Waals surface area contributed by atoms with Gasteiger partial charge in [0.15, 0.2) is 0 Å². The Labute approximate surface area is 209 Å². The molecule has 0 amide bonds. The van der Waals surface area contributed by atoms with Gasteiger partial charge in [0.1, 0.15) is 11.2 Å². The van der Waals surface area contributed by atoms with Gasteiger partial charge in [-0.05, 0) is 69.0 Å². The van der Waals surface area contributed by atoms with Crippen LogP contribution in [0, 0.1) is 12.3 Å². The van der Waals surface area contributed by atoms with Crippen molar-refractivity contribution in [2.45, 2.75) is 64.6 Å². The molecule has 0 aliphatic carbocycles. The highest BCUT2D eigenvalue weighted by atomic mass is 16.3. The van der Waals surface area contributed by atoms with Gasteiger partial charge in [-0.15, -0.1) is 0 Å². The topological polar surface area (TPSA) is 82.4 Å². The van der Waals surface area contributed by atoms with E-state index in [4.69, 9.17) is 0 Å². The highest BCUT2D eigenvalue weighted by molar-refractivity contribution is 5.41. The average Bonchev–Trinajstić information content (AvgIpc) is 2.81. The molecule has 1 aliphatic heterocycles. The number of rotatable bonds is 8. The Morgan fingerprint density at radius 3 is 2.34 bits per heavy atom. The summed E-state index contributed by atoms with van der Waals surface area (Å²) in [4.78, 5) is 6.72. The largest absolute Gasteiger partial charge is 0.384 e. The lowest BCUT2D eigenvalue weighted by molar-refractivity contribution is -0.127. The lowest BCUT2D eigenvalue weighted by Crippen LogP contribution is -2.63. The minimum Gasteiger partial charge on any atom is -0.384 e. The molecule has 6 nitrogen and oxygen atoms in total. The van der Waals surface area contributed by atoms with Crippen LogP contribution in [0.4, 0.5) is 0 Å². The van der Waals surface area contributed by atoms with Crippen LogP contribution in [0.2, 0.25) is 0 Å². The summed E-state index contributed by atoms with van der Waals surface area (Å²) in [5, 5.41) is 32.1. The van der Waals surface area contributed by atoms with Gasteiger partial charge in [0.2, 0.25) is 0 Å². The molecular weight excluding hydrogens is 436 g/mol. The molecule has 2 aromatic heterocycles. The summed E-state index contributed by atoms with van der Waals surface area (Å²) in [5.74, 6) is 0.424. The van der Waals surface area contributed by atoms with Crippen LogP contribution in [-0.2, 0) is 17.6 Å². The van der Waals surface area contributed by atoms with E-state index in [-0.39, 0.29) is 5.41 Å². The lowest BCUT2D eigenvalue weighted by atomic mass is 9.62. The van der Waals surface area contributed by atoms with Crippen LogP contribution in [-0.4, -0.2) is 50.4 Å². The molecule has 2 unspecified atom stereocenters. The number of aromatic nitrogens is 3. The molecule has 4 rings (SSSR count). The van der Waals surface area contributed by atoms with Crippen molar-refractivity contribution in [3.63, 3.8) is 0 Å². The Morgan fingerprint density at radius 2 is 1.74 bits per heavy atom. The summed E-state index contributed by atoms with van der Waals surface area (Å²) in [7, 11) is 2.07. The van der Waals surface area contributed by atoms with Crippen molar-refractivity contribution < 1.29 is 10.2 Å². The maximum absolute atomic E-state index is 12.4. The van der Waals surface area contributed by atoms with Gasteiger partial charge in [-0.1, -0.05) is 51.1 Å². The third-order valence-corrected chi connectivity index (χ3v) is 7.54. The van der Waals surface area contributed by atoms with Crippen molar-refractivity contribution in [1.82, 2.24) is 20.1 Å². The van der Waals surface area contributed by atoms with Crippen LogP contribution in [0.5, 0.6) is 0 Å². The molecule has 0 saturated carbocycles. The van der Waals surface area contributed by atoms with E-state index in [1.807, 2.05) is 43.3 Å². The zero-order chi connectivity index (χ0) is 25.4. The first-order valence-electron chi connectivity index (χ1n) is 12.4. The Kier molecular flexibility index (Phi) is 6.84. The Hall–Kier alpha value is -2.67. The van der Waals surface area contributed by atoms with Gasteiger partial charge in [-0.2, -0.15) is 10.2 Å². The van der Waals surface area contributed by atoms with E-state index in [2.05, 4.69) is 60.0 Å². The fourth-order valence-electron chi connectivity index (χ4n) is 5.42. The number of likely N-dealkylation sites (tertiary alicyclic amines) is 1. The molecule has 1 saturated heterocycles. The van der Waals surface area contributed by atoms with Crippen molar-refractivity contribution in [3.05, 3.63) is 88.5 Å². The maximum atomic E-state index is 12.4. The van der Waals surface area contributed by atoms with Crippen LogP contribution in [0.1, 0.15) is 73.8 Å². The Balaban J connectivity index is 1.65. The maximum Gasteiger partial charge on any atom is 0.124 e. The second-order valence-corrected chi connectivity index (χ2v) is 11.1. The van der Waals surface area contributed by atoms with Gasteiger partial charge in [0, 0.05) is 29.8 Å². The van der Waals surface area contributed by atoms with E-state index < -0.39 is 11.2 Å². The van der Waals surface area contributed by atoms with Crippen LogP contribution in [0.3, 0.4) is 0 Å². The molecule has 6 heteroatoms. The number of benzene rings is 1. The second-order valence-electron chi connectivity index (χ2n) is 11.1. The predicted octanol–water partition coefficient (Wildman–Crippen LogP) is 4.33. The number of aliphatic hydroxyl groups is 2. The van der Waals surface area contributed by atoms with Crippen molar-refractivity contribution >= 4 is 0 Å². The number of pyridine rings is 1. The third kappa shape index (κ3) is 4.88. The van der Waals surface area contributed by atoms with Crippen LogP contribution >= 0.6 is 0 Å². The third-order valence-electron chi connectivity index (χ3n) is 7.54. The van der Waals surface area contributed by atoms with Crippen molar-refractivity contribution in [1.29, 1.82) is 0 Å². The first kappa shape index (κ1) is 25.4. The van der Waals surface area contributed by atoms with Crippen molar-refractivity contribution in [3.8, 4) is 0 Å². The predicted molar refractivity (Wildman–Crippen MR) is 138 cm³/mol. The minimum absolute atomic E-state index is 0.363. The molecule has 0 radical (unpaired) electrons. The van der Waals surface area contributed by atoms with E-state index in [1.165, 1.54) is 5.56 Å². The van der Waals surface area contributed by atoms with E-state index >= 15 is 0 Å². The summed E-state index contributed by atoms with van der Waals surface area (Å²) in [5.41, 5.74) is 2.45. The van der Waals surface area contributed by atoms with Crippen molar-refractivity contribution in [2.24, 2.45) is 5.41 Å². The number of aryl methyl sites for hydroxylation is 2. The van der Waals surface area contributed by atoms with Gasteiger partial charge >= 0.3 is 0 Å². The molecule has 186 valence electrons. The summed E-state index contributed by atoms with van der Waals surface area (Å²) in [6.07, 6.45) is 2.65. The van der Waals surface area contributed by atoms with Gasteiger partial charge < -0.3 is 15.1 Å². The molecule has 1 aromatic carbocycles. The van der Waals surface area contributed by atoms with E-state index in [0.717, 1.165) is 35.6 Å². The quantitative estimate of drug-likeness (QED) is 0.506. The number of hydrogen-bond donors (Lipinski definition) is 2. The first-order valence-corrected chi connectivity index (χ1v) is 12.4. The minimum atomic E-state index is -1.21. The first-order chi connectivity index (χ1) is 16.4. The van der Waals surface area contributed by atoms with Gasteiger partial charge in [-0.25, -0.2) is 0 Å². The summed E-state index contributed by atoms with van der Waals surface area (Å²) >= 11 is 0. The molecule has 0 bridgehead atoms. The fraction of sp³-hybridized carbons (Fsp3) is 0.483. The van der Waals surface area contributed by atoms with Crippen molar-refractivity contribution in [2.75, 3.05) is 20.1 Å². The van der Waals surface area contributed by atoms with Gasteiger partial charge in [0.05, 0.1) is 17.6 Å². The number of hydrogen-bond acceptors (Lipinski definition) is 6. The van der Waals surface area contributed by atoms with E-state index in [1.54, 1.807) is 13.1 Å². The second kappa shape index (κ2) is 9.41. The Bertz CT molecular complexity index is 1170. The molecule has 3 heterocycles. The van der Waals surface area contributed by atoms with Crippen LogP contribution in [0.25, 0.3) is 0 Å². The smallest absolute Gasteiger partial charge is 0.124 e. The average molecular weight is 475 g/mol. The van der Waals surface area contributed by atoms with E-state index in [9.17, 15) is 10.2 Å². The normalized spacial score (nSPS) is 19.1. The van der Waals surface area contributed by atoms with Gasteiger partial charge in [-0.3, -0.25) is 4.98 Å². The van der Waals surface area contributed by atoms with Crippen LogP contribution in [0.15, 0.2) is 54.7 Å². The number of nitrogens with zero attached hydrogens (tertiary/aromatic N) is 4. The molecule has 1 fully saturated rings. The Morgan fingerprint density at radius 1 is 1.06 bits per heavy atom. The summed E-state index contributed by atoms with van der Waals surface area (Å²) in [6, 6.07) is 15.9. The standard InChI is InChI=1S/C29H38N4O2/c1-20(2)22-10-12-23(13-11-22)29(35,27(4)18-33(6)19-27)24-16-25(32-30-17-24)14-15-28(5,34)26-9-7-8-21(3)31-26/h7-13,16-17,20,34-35H,14-15,18-19H2,1-6H3. The molecule has 2 N–H and O–H groups in total. The molecule has 1 aliphatic rings. The summed E-state index contributed by atoms with van der Waals surface area (Å²) in [6.45, 7) is 11.7.